The smallest absolute Gasteiger partial charge is 0.0234 e. The van der Waals surface area contributed by atoms with Gasteiger partial charge in [0.1, 0.15) is 0 Å². The predicted molar refractivity (Wildman–Crippen MR) is 43.5 cm³/mol. The quantitative estimate of drug-likeness (QED) is 0.552. The monoisotopic (exact) mass is 139 g/mol. The summed E-state index contributed by atoms with van der Waals surface area (Å²) in [7, 11) is 0. The summed E-state index contributed by atoms with van der Waals surface area (Å²) in [5.74, 6) is 0. The van der Waals surface area contributed by atoms with E-state index < -0.39 is 0 Å². The van der Waals surface area contributed by atoms with Crippen LogP contribution in [0.3, 0.4) is 0 Å². The van der Waals surface area contributed by atoms with Crippen molar-refractivity contribution in [2.75, 3.05) is 6.54 Å². The number of hydrogen-bond acceptors (Lipinski definition) is 2. The molecule has 2 N–H and O–H groups in total. The molecule has 0 unspecified atom stereocenters. The summed E-state index contributed by atoms with van der Waals surface area (Å²) < 4.78 is 0. The van der Waals surface area contributed by atoms with Crippen molar-refractivity contribution in [3.8, 4) is 0 Å². The maximum atomic E-state index is 5.40. The third-order valence-corrected chi connectivity index (χ3v) is 1.74. The summed E-state index contributed by atoms with van der Waals surface area (Å²) in [4.78, 5) is 0.986. The maximum Gasteiger partial charge on any atom is 0.0234 e. The largest absolute Gasteiger partial charge is 0.326 e. The minimum atomic E-state index is 0.573. The summed E-state index contributed by atoms with van der Waals surface area (Å²) in [6, 6.07) is 0. The average molecular weight is 139 g/mol. The highest BCUT2D eigenvalue weighted by Gasteiger charge is 2.02. The van der Waals surface area contributed by atoms with E-state index in [1.54, 1.807) is 0 Å². The van der Waals surface area contributed by atoms with Crippen molar-refractivity contribution in [1.29, 1.82) is 0 Å². The molecular weight excluding hydrogens is 130 g/mol. The van der Waals surface area contributed by atoms with Crippen LogP contribution >= 0.6 is 12.2 Å². The molecule has 0 aliphatic heterocycles. The first kappa shape index (κ1) is 6.65. The number of rotatable bonds is 1. The molecule has 0 amide bonds. The Morgan fingerprint density at radius 1 is 1.67 bits per heavy atom. The molecule has 0 saturated carbocycles. The topological polar surface area (TPSA) is 26.0 Å². The molecule has 0 aromatic rings. The lowest BCUT2D eigenvalue weighted by Gasteiger charge is -2.05. The second kappa shape index (κ2) is 2.90. The van der Waals surface area contributed by atoms with Crippen LogP contribution in [0.4, 0.5) is 0 Å². The molecule has 0 bridgehead atoms. The predicted octanol–water partition coefficient (Wildman–Crippen LogP) is 1.20. The van der Waals surface area contributed by atoms with Gasteiger partial charge in [0.2, 0.25) is 0 Å². The standard InChI is InChI=1S/C7H9NS/c8-5-6-3-1-2-4-7(6)9/h1-3H,4-5,8H2. The van der Waals surface area contributed by atoms with Crippen molar-refractivity contribution >= 4 is 17.1 Å². The lowest BCUT2D eigenvalue weighted by Crippen LogP contribution is -2.11. The zero-order valence-corrected chi connectivity index (χ0v) is 5.95. The van der Waals surface area contributed by atoms with E-state index in [0.29, 0.717) is 6.54 Å². The van der Waals surface area contributed by atoms with E-state index >= 15 is 0 Å². The maximum absolute atomic E-state index is 5.40. The number of allylic oxidation sites excluding steroid dienone is 3. The molecule has 1 aliphatic rings. The van der Waals surface area contributed by atoms with Crippen molar-refractivity contribution in [2.45, 2.75) is 6.42 Å². The van der Waals surface area contributed by atoms with Crippen LogP contribution in [-0.4, -0.2) is 11.4 Å². The second-order valence-corrected chi connectivity index (χ2v) is 2.44. The van der Waals surface area contributed by atoms with Crippen molar-refractivity contribution < 1.29 is 0 Å². The van der Waals surface area contributed by atoms with Crippen LogP contribution in [0.2, 0.25) is 0 Å². The summed E-state index contributed by atoms with van der Waals surface area (Å²) in [5.41, 5.74) is 6.51. The Balaban J connectivity index is 2.74. The lowest BCUT2D eigenvalue weighted by atomic mass is 10.1. The first-order chi connectivity index (χ1) is 4.34. The van der Waals surface area contributed by atoms with Gasteiger partial charge in [0.15, 0.2) is 0 Å². The molecule has 0 saturated heterocycles. The molecule has 1 rings (SSSR count). The molecule has 0 spiro atoms. The minimum Gasteiger partial charge on any atom is -0.326 e. The summed E-state index contributed by atoms with van der Waals surface area (Å²) in [6.45, 7) is 0.573. The normalized spacial score (nSPS) is 17.9. The Kier molecular flexibility index (Phi) is 2.14. The zero-order chi connectivity index (χ0) is 6.69. The molecule has 0 heterocycles. The Bertz CT molecular complexity index is 179. The van der Waals surface area contributed by atoms with Crippen LogP contribution < -0.4 is 5.73 Å². The Morgan fingerprint density at radius 2 is 2.44 bits per heavy atom. The third kappa shape index (κ3) is 1.47. The highest BCUT2D eigenvalue weighted by molar-refractivity contribution is 7.80. The van der Waals surface area contributed by atoms with E-state index in [2.05, 4.69) is 0 Å². The highest BCUT2D eigenvalue weighted by atomic mass is 32.1. The highest BCUT2D eigenvalue weighted by Crippen LogP contribution is 2.07. The van der Waals surface area contributed by atoms with Gasteiger partial charge in [-0.3, -0.25) is 0 Å². The molecule has 0 atom stereocenters. The summed E-state index contributed by atoms with van der Waals surface area (Å²) >= 11 is 5.03. The molecule has 0 fully saturated rings. The van der Waals surface area contributed by atoms with Gasteiger partial charge in [0, 0.05) is 17.8 Å². The Hall–Kier alpha value is -0.470. The second-order valence-electron chi connectivity index (χ2n) is 1.95. The fraction of sp³-hybridized carbons (Fsp3) is 0.286. The van der Waals surface area contributed by atoms with Crippen molar-refractivity contribution in [2.24, 2.45) is 5.73 Å². The molecule has 9 heavy (non-hydrogen) atoms. The van der Waals surface area contributed by atoms with Gasteiger partial charge in [0.25, 0.3) is 0 Å². The SMILES string of the molecule is NCC1=CC=CCC1=S. The zero-order valence-electron chi connectivity index (χ0n) is 5.13. The van der Waals surface area contributed by atoms with Crippen molar-refractivity contribution in [1.82, 2.24) is 0 Å². The van der Waals surface area contributed by atoms with Crippen molar-refractivity contribution in [3.63, 3.8) is 0 Å². The molecule has 1 aliphatic carbocycles. The van der Waals surface area contributed by atoms with Gasteiger partial charge in [-0.05, 0) is 5.57 Å². The van der Waals surface area contributed by atoms with Crippen LogP contribution in [0.5, 0.6) is 0 Å². The van der Waals surface area contributed by atoms with E-state index in [4.69, 9.17) is 18.0 Å². The van der Waals surface area contributed by atoms with Gasteiger partial charge in [-0.2, -0.15) is 0 Å². The van der Waals surface area contributed by atoms with Gasteiger partial charge in [0.05, 0.1) is 0 Å². The summed E-state index contributed by atoms with van der Waals surface area (Å²) in [5, 5.41) is 0. The first-order valence-electron chi connectivity index (χ1n) is 2.93. The van der Waals surface area contributed by atoms with Crippen LogP contribution in [0.25, 0.3) is 0 Å². The molecule has 0 aromatic heterocycles. The number of hydrogen-bond donors (Lipinski definition) is 1. The first-order valence-corrected chi connectivity index (χ1v) is 3.34. The van der Waals surface area contributed by atoms with Crippen molar-refractivity contribution in [3.05, 3.63) is 23.8 Å². The summed E-state index contributed by atoms with van der Waals surface area (Å²) in [6.07, 6.45) is 6.91. The van der Waals surface area contributed by atoms with E-state index in [1.807, 2.05) is 18.2 Å². The van der Waals surface area contributed by atoms with E-state index in [9.17, 15) is 0 Å². The minimum absolute atomic E-state index is 0.573. The molecule has 2 heteroatoms. The molecule has 0 radical (unpaired) electrons. The van der Waals surface area contributed by atoms with Crippen LogP contribution in [0, 0.1) is 0 Å². The Morgan fingerprint density at radius 3 is 2.89 bits per heavy atom. The fourth-order valence-electron chi connectivity index (χ4n) is 0.765. The van der Waals surface area contributed by atoms with Crippen LogP contribution in [0.1, 0.15) is 6.42 Å². The third-order valence-electron chi connectivity index (χ3n) is 1.31. The molecule has 1 nitrogen and oxygen atoms in total. The fourth-order valence-corrected chi connectivity index (χ4v) is 1.01. The Labute approximate surface area is 60.2 Å². The van der Waals surface area contributed by atoms with Crippen LogP contribution in [0.15, 0.2) is 23.8 Å². The molecular formula is C7H9NS. The molecule has 48 valence electrons. The van der Waals surface area contributed by atoms with Crippen LogP contribution in [-0.2, 0) is 0 Å². The average Bonchev–Trinajstić information content (AvgIpc) is 1.89. The lowest BCUT2D eigenvalue weighted by molar-refractivity contribution is 1.19. The van der Waals surface area contributed by atoms with Gasteiger partial charge >= 0.3 is 0 Å². The van der Waals surface area contributed by atoms with E-state index in [-0.39, 0.29) is 0 Å². The van der Waals surface area contributed by atoms with Gasteiger partial charge in [-0.25, -0.2) is 0 Å². The van der Waals surface area contributed by atoms with Gasteiger partial charge in [-0.15, -0.1) is 0 Å². The number of thiocarbonyl (C=S) groups is 1. The van der Waals surface area contributed by atoms with E-state index in [1.165, 1.54) is 0 Å². The van der Waals surface area contributed by atoms with E-state index in [0.717, 1.165) is 16.9 Å². The van der Waals surface area contributed by atoms with Gasteiger partial charge in [-0.1, -0.05) is 30.4 Å². The molecule has 0 aromatic carbocycles. The van der Waals surface area contributed by atoms with Gasteiger partial charge < -0.3 is 5.73 Å². The number of nitrogens with two attached hydrogens (primary N) is 1.